The summed E-state index contributed by atoms with van der Waals surface area (Å²) >= 11 is 0. The molecule has 6 heteroatoms. The lowest BCUT2D eigenvalue weighted by molar-refractivity contribution is -0.137. The zero-order valence-corrected chi connectivity index (χ0v) is 16.5. The number of hydrogen-bond donors (Lipinski definition) is 2. The highest BCUT2D eigenvalue weighted by atomic mass is 19.1. The maximum atomic E-state index is 14.1. The van der Waals surface area contributed by atoms with Gasteiger partial charge in [0, 0.05) is 17.5 Å². The van der Waals surface area contributed by atoms with Gasteiger partial charge in [0.2, 0.25) is 5.91 Å². The van der Waals surface area contributed by atoms with Crippen LogP contribution in [0.15, 0.2) is 54.6 Å². The van der Waals surface area contributed by atoms with E-state index < -0.39 is 11.9 Å². The van der Waals surface area contributed by atoms with Crippen molar-refractivity contribution in [3.05, 3.63) is 83.0 Å². The zero-order chi connectivity index (χ0) is 21.7. The van der Waals surface area contributed by atoms with Gasteiger partial charge in [-0.25, -0.2) is 9.24 Å². The fourth-order valence-electron chi connectivity index (χ4n) is 3.44. The van der Waals surface area contributed by atoms with E-state index in [-0.39, 0.29) is 18.1 Å². The van der Waals surface area contributed by atoms with Gasteiger partial charge in [0.25, 0.3) is 0 Å². The van der Waals surface area contributed by atoms with Gasteiger partial charge in [-0.2, -0.15) is 0 Å². The van der Waals surface area contributed by atoms with Gasteiger partial charge in [-0.05, 0) is 48.4 Å². The molecule has 0 saturated heterocycles. The number of benzene rings is 3. The molecule has 1 unspecified atom stereocenters. The van der Waals surface area contributed by atoms with Crippen LogP contribution in [-0.4, -0.2) is 17.0 Å². The Balaban J connectivity index is 1.87. The van der Waals surface area contributed by atoms with Gasteiger partial charge in [0.1, 0.15) is 5.82 Å². The maximum absolute atomic E-state index is 14.1. The summed E-state index contributed by atoms with van der Waals surface area (Å²) in [5, 5.41) is 12.9. The molecule has 1 amide bonds. The first kappa shape index (κ1) is 21.0. The number of carbonyl (C=O) groups excluding carboxylic acids is 1. The van der Waals surface area contributed by atoms with E-state index in [4.69, 9.17) is 11.7 Å². The van der Waals surface area contributed by atoms with Crippen molar-refractivity contribution in [3.63, 3.8) is 0 Å². The number of rotatable bonds is 7. The summed E-state index contributed by atoms with van der Waals surface area (Å²) in [5.74, 6) is -2.06. The predicted octanol–water partition coefficient (Wildman–Crippen LogP) is 5.68. The fourth-order valence-corrected chi connectivity index (χ4v) is 3.44. The Kier molecular flexibility index (Phi) is 6.43. The van der Waals surface area contributed by atoms with Gasteiger partial charge in [-0.3, -0.25) is 9.59 Å². The van der Waals surface area contributed by atoms with Gasteiger partial charge in [-0.15, -0.1) is 0 Å². The van der Waals surface area contributed by atoms with E-state index >= 15 is 0 Å². The molecule has 152 valence electrons. The Labute approximate surface area is 174 Å². The Morgan fingerprint density at radius 3 is 2.57 bits per heavy atom. The summed E-state index contributed by atoms with van der Waals surface area (Å²) in [6.07, 6.45) is 0.914. The SMILES string of the molecule is [C-]#[N+]c1ccc(CCCC(=O)O)c(NC(=O)C(C)c2ccc(F)c3ccccc23)c1. The number of hydrogen-bond acceptors (Lipinski definition) is 2. The molecular weight excluding hydrogens is 383 g/mol. The van der Waals surface area contributed by atoms with Crippen molar-refractivity contribution in [2.24, 2.45) is 0 Å². The lowest BCUT2D eigenvalue weighted by Gasteiger charge is -2.17. The average molecular weight is 404 g/mol. The summed E-state index contributed by atoms with van der Waals surface area (Å²) < 4.78 is 14.1. The van der Waals surface area contributed by atoms with Crippen molar-refractivity contribution in [3.8, 4) is 0 Å². The number of carbonyl (C=O) groups is 2. The third-order valence-electron chi connectivity index (χ3n) is 5.08. The largest absolute Gasteiger partial charge is 0.481 e. The Hall–Kier alpha value is -3.72. The second-order valence-electron chi connectivity index (χ2n) is 7.09. The van der Waals surface area contributed by atoms with E-state index in [1.54, 1.807) is 55.5 Å². The van der Waals surface area contributed by atoms with Crippen LogP contribution >= 0.6 is 0 Å². The molecule has 5 nitrogen and oxygen atoms in total. The average Bonchev–Trinajstić information content (AvgIpc) is 2.74. The lowest BCUT2D eigenvalue weighted by atomic mass is 9.93. The van der Waals surface area contributed by atoms with Crippen LogP contribution in [0.4, 0.5) is 15.8 Å². The molecule has 0 spiro atoms. The van der Waals surface area contributed by atoms with Gasteiger partial charge in [-0.1, -0.05) is 42.5 Å². The molecule has 3 rings (SSSR count). The fraction of sp³-hybridized carbons (Fsp3) is 0.208. The molecule has 0 aliphatic heterocycles. The predicted molar refractivity (Wildman–Crippen MR) is 114 cm³/mol. The van der Waals surface area contributed by atoms with Crippen LogP contribution in [-0.2, 0) is 16.0 Å². The molecule has 0 saturated carbocycles. The molecule has 0 radical (unpaired) electrons. The molecule has 0 heterocycles. The highest BCUT2D eigenvalue weighted by Crippen LogP contribution is 2.30. The summed E-state index contributed by atoms with van der Waals surface area (Å²) in [6.45, 7) is 8.96. The summed E-state index contributed by atoms with van der Waals surface area (Å²) in [6, 6.07) is 15.0. The van der Waals surface area contributed by atoms with E-state index in [1.165, 1.54) is 6.07 Å². The smallest absolute Gasteiger partial charge is 0.303 e. The number of halogens is 1. The number of aliphatic carboxylic acids is 1. The number of anilines is 1. The van der Waals surface area contributed by atoms with Crippen molar-refractivity contribution in [2.75, 3.05) is 5.32 Å². The van der Waals surface area contributed by atoms with Crippen LogP contribution in [0.3, 0.4) is 0 Å². The highest BCUT2D eigenvalue weighted by molar-refractivity contribution is 6.00. The minimum absolute atomic E-state index is 0.0237. The molecule has 2 N–H and O–H groups in total. The topological polar surface area (TPSA) is 70.8 Å². The van der Waals surface area contributed by atoms with E-state index in [2.05, 4.69) is 10.2 Å². The first-order valence-electron chi connectivity index (χ1n) is 9.61. The van der Waals surface area contributed by atoms with Crippen molar-refractivity contribution < 1.29 is 19.1 Å². The molecule has 0 aliphatic rings. The summed E-state index contributed by atoms with van der Waals surface area (Å²) in [7, 11) is 0. The zero-order valence-electron chi connectivity index (χ0n) is 16.5. The number of amides is 1. The van der Waals surface area contributed by atoms with Crippen molar-refractivity contribution in [1.29, 1.82) is 0 Å². The lowest BCUT2D eigenvalue weighted by Crippen LogP contribution is -2.20. The Morgan fingerprint density at radius 1 is 1.13 bits per heavy atom. The van der Waals surface area contributed by atoms with Crippen LogP contribution in [0.2, 0.25) is 0 Å². The minimum Gasteiger partial charge on any atom is -0.481 e. The van der Waals surface area contributed by atoms with Gasteiger partial charge < -0.3 is 10.4 Å². The number of carboxylic acids is 1. The van der Waals surface area contributed by atoms with Gasteiger partial charge >= 0.3 is 5.97 Å². The van der Waals surface area contributed by atoms with Crippen molar-refractivity contribution >= 4 is 34.0 Å². The van der Waals surface area contributed by atoms with E-state index in [0.29, 0.717) is 40.6 Å². The molecule has 0 fully saturated rings. The molecule has 30 heavy (non-hydrogen) atoms. The second-order valence-corrected chi connectivity index (χ2v) is 7.09. The number of carboxylic acid groups (broad SMARTS) is 1. The van der Waals surface area contributed by atoms with Crippen molar-refractivity contribution in [1.82, 2.24) is 0 Å². The first-order valence-corrected chi connectivity index (χ1v) is 9.61. The number of nitrogens with one attached hydrogen (secondary N) is 1. The second kappa shape index (κ2) is 9.19. The van der Waals surface area contributed by atoms with Crippen LogP contribution < -0.4 is 5.32 Å². The van der Waals surface area contributed by atoms with Crippen LogP contribution in [0.1, 0.15) is 36.8 Å². The van der Waals surface area contributed by atoms with Gasteiger partial charge in [0.05, 0.1) is 12.5 Å². The van der Waals surface area contributed by atoms with Crippen LogP contribution in [0.25, 0.3) is 15.6 Å². The third-order valence-corrected chi connectivity index (χ3v) is 5.08. The molecule has 3 aromatic rings. The first-order chi connectivity index (χ1) is 14.4. The number of aryl methyl sites for hydroxylation is 1. The molecule has 0 aliphatic carbocycles. The minimum atomic E-state index is -0.879. The van der Waals surface area contributed by atoms with E-state index in [1.807, 2.05) is 0 Å². The number of fused-ring (bicyclic) bond motifs is 1. The number of nitrogens with zero attached hydrogens (tertiary/aromatic N) is 1. The molecule has 1 atom stereocenters. The summed E-state index contributed by atoms with van der Waals surface area (Å²) in [4.78, 5) is 27.2. The Bertz CT molecular complexity index is 1150. The van der Waals surface area contributed by atoms with E-state index in [9.17, 15) is 14.0 Å². The quantitative estimate of drug-likeness (QED) is 0.498. The molecule has 0 bridgehead atoms. The molecule has 0 aromatic heterocycles. The standard InChI is InChI=1S/C24H21FN2O3/c1-15(18-12-13-21(25)20-8-4-3-7-19(18)20)24(30)27-22-14-17(26-2)11-10-16(22)6-5-9-23(28)29/h3-4,7-8,10-15H,5-6,9H2,1H3,(H,27,30)(H,28,29). The monoisotopic (exact) mass is 404 g/mol. The van der Waals surface area contributed by atoms with Gasteiger partial charge in [0.15, 0.2) is 5.69 Å². The third kappa shape index (κ3) is 4.64. The molecular formula is C24H21FN2O3. The maximum Gasteiger partial charge on any atom is 0.303 e. The van der Waals surface area contributed by atoms with E-state index in [0.717, 1.165) is 5.56 Å². The normalized spacial score (nSPS) is 11.6. The van der Waals surface area contributed by atoms with Crippen molar-refractivity contribution in [2.45, 2.75) is 32.1 Å². The Morgan fingerprint density at radius 2 is 1.87 bits per heavy atom. The summed E-state index contributed by atoms with van der Waals surface area (Å²) in [5.41, 5.74) is 2.36. The highest BCUT2D eigenvalue weighted by Gasteiger charge is 2.20. The molecule has 3 aromatic carbocycles. The van der Waals surface area contributed by atoms with Crippen LogP contribution in [0.5, 0.6) is 0 Å². The van der Waals surface area contributed by atoms with Crippen LogP contribution in [0, 0.1) is 12.4 Å².